The highest BCUT2D eigenvalue weighted by Crippen LogP contribution is 2.56. The Labute approximate surface area is 172 Å². The molecule has 0 aliphatic carbocycles. The van der Waals surface area contributed by atoms with E-state index in [1.807, 2.05) is 0 Å². The second kappa shape index (κ2) is 6.58. The summed E-state index contributed by atoms with van der Waals surface area (Å²) in [5.74, 6) is 0.481. The summed E-state index contributed by atoms with van der Waals surface area (Å²) in [6.07, 6.45) is -0.824. The van der Waals surface area contributed by atoms with Crippen LogP contribution in [0.4, 0.5) is 0 Å². The van der Waals surface area contributed by atoms with Gasteiger partial charge in [-0.1, -0.05) is 36.4 Å². The smallest absolute Gasteiger partial charge is 0.339 e. The average Bonchev–Trinajstić information content (AvgIpc) is 3.49. The van der Waals surface area contributed by atoms with Crippen LogP contribution < -0.4 is 13.7 Å². The summed E-state index contributed by atoms with van der Waals surface area (Å²) in [6.45, 7) is 0. The molecule has 0 aromatic heterocycles. The largest absolute Gasteiger partial charge is 0.496 e. The fourth-order valence-electron chi connectivity index (χ4n) is 3.58. The third kappa shape index (κ3) is 2.76. The van der Waals surface area contributed by atoms with Crippen molar-refractivity contribution in [3.05, 3.63) is 83.9 Å². The molecule has 0 N–H and O–H groups in total. The molecule has 3 aromatic rings. The molecule has 0 saturated carbocycles. The molecule has 0 bridgehead atoms. The maximum Gasteiger partial charge on any atom is 0.339 e. The molecule has 0 radical (unpaired) electrons. The van der Waals surface area contributed by atoms with Gasteiger partial charge in [0.15, 0.2) is 0 Å². The van der Waals surface area contributed by atoms with Crippen LogP contribution in [-0.2, 0) is 20.5 Å². The van der Waals surface area contributed by atoms with Crippen molar-refractivity contribution < 1.29 is 31.6 Å². The van der Waals surface area contributed by atoms with Crippen molar-refractivity contribution in [3.63, 3.8) is 0 Å². The van der Waals surface area contributed by atoms with Crippen molar-refractivity contribution in [2.75, 3.05) is 7.11 Å². The van der Waals surface area contributed by atoms with Gasteiger partial charge in [-0.15, -0.1) is 0 Å². The number of fused-ring (bicyclic) bond motifs is 2. The molecule has 0 amide bonds. The zero-order valence-electron chi connectivity index (χ0n) is 15.8. The molecule has 2 aliphatic heterocycles. The van der Waals surface area contributed by atoms with Crippen molar-refractivity contribution in [3.8, 4) is 17.2 Å². The van der Waals surface area contributed by atoms with E-state index in [-0.39, 0.29) is 27.7 Å². The number of hydrogen-bond acceptors (Lipinski definition) is 7. The highest BCUT2D eigenvalue weighted by atomic mass is 32.2. The zero-order valence-corrected chi connectivity index (χ0v) is 16.6. The number of ether oxygens (including phenoxy) is 3. The van der Waals surface area contributed by atoms with Gasteiger partial charge in [0.25, 0.3) is 0 Å². The van der Waals surface area contributed by atoms with Crippen LogP contribution in [0, 0.1) is 0 Å². The summed E-state index contributed by atoms with van der Waals surface area (Å²) < 4.78 is 47.0. The number of para-hydroxylation sites is 1. The molecule has 2 aliphatic rings. The van der Waals surface area contributed by atoms with Gasteiger partial charge in [0, 0.05) is 11.6 Å². The number of rotatable bonds is 5. The molecule has 2 heterocycles. The fourth-order valence-corrected chi connectivity index (χ4v) is 4.53. The number of hydrogen-bond donors (Lipinski definition) is 0. The number of Topliss-reactive ketones (excluding diaryl/α,β-unsaturated/α-hetero) is 1. The van der Waals surface area contributed by atoms with Gasteiger partial charge in [0.1, 0.15) is 22.1 Å². The van der Waals surface area contributed by atoms with Crippen molar-refractivity contribution in [2.45, 2.75) is 16.8 Å². The van der Waals surface area contributed by atoms with Crippen LogP contribution in [0.3, 0.4) is 0 Å². The minimum absolute atomic E-state index is 0.0282. The molecule has 2 atom stereocenters. The van der Waals surface area contributed by atoms with Gasteiger partial charge in [-0.3, -0.25) is 4.79 Å². The summed E-state index contributed by atoms with van der Waals surface area (Å²) in [6, 6.07) is 19.2. The van der Waals surface area contributed by atoms with Crippen LogP contribution in [0.5, 0.6) is 17.2 Å². The van der Waals surface area contributed by atoms with Gasteiger partial charge in [-0.2, -0.15) is 8.42 Å². The third-order valence-corrected chi connectivity index (χ3v) is 6.34. The van der Waals surface area contributed by atoms with Gasteiger partial charge < -0.3 is 18.4 Å². The number of benzene rings is 3. The maximum atomic E-state index is 13.2. The highest BCUT2D eigenvalue weighted by Gasteiger charge is 2.70. The van der Waals surface area contributed by atoms with Crippen LogP contribution in [-0.4, -0.2) is 27.6 Å². The SMILES string of the molecule is COc1ccccc1C12OC1Oc1cc(OS(=O)(=O)c3ccccc3)ccc1C2=O. The van der Waals surface area contributed by atoms with E-state index in [1.54, 1.807) is 42.5 Å². The Morgan fingerprint density at radius 2 is 1.70 bits per heavy atom. The van der Waals surface area contributed by atoms with Crippen LogP contribution in [0.25, 0.3) is 0 Å². The zero-order chi connectivity index (χ0) is 20.9. The monoisotopic (exact) mass is 424 g/mol. The van der Waals surface area contributed by atoms with E-state index < -0.39 is 22.0 Å². The Bertz CT molecular complexity index is 1250. The number of carbonyl (C=O) groups excluding carboxylic acids is 1. The lowest BCUT2D eigenvalue weighted by Gasteiger charge is -2.21. The molecule has 5 rings (SSSR count). The molecule has 7 nitrogen and oxygen atoms in total. The third-order valence-electron chi connectivity index (χ3n) is 5.08. The minimum atomic E-state index is -4.01. The summed E-state index contributed by atoms with van der Waals surface area (Å²) in [4.78, 5) is 13.3. The van der Waals surface area contributed by atoms with Gasteiger partial charge in [-0.05, 0) is 30.3 Å². The van der Waals surface area contributed by atoms with E-state index >= 15 is 0 Å². The van der Waals surface area contributed by atoms with Crippen LogP contribution in [0.1, 0.15) is 15.9 Å². The lowest BCUT2D eigenvalue weighted by molar-refractivity contribution is 0.0860. The first kappa shape index (κ1) is 18.7. The Balaban J connectivity index is 1.47. The van der Waals surface area contributed by atoms with Gasteiger partial charge in [0.05, 0.1) is 12.7 Å². The standard InChI is InChI=1S/C22H16O7S/c1-26-18-10-6-5-9-17(18)22-20(23)16-12-11-14(13-19(16)27-21(22)28-22)29-30(24,25)15-7-3-2-4-8-15/h2-13,21H,1H3. The van der Waals surface area contributed by atoms with Gasteiger partial charge in [-0.25, -0.2) is 0 Å². The predicted octanol–water partition coefficient (Wildman–Crippen LogP) is 3.29. The summed E-state index contributed by atoms with van der Waals surface area (Å²) in [7, 11) is -2.49. The first-order valence-corrected chi connectivity index (χ1v) is 10.5. The van der Waals surface area contributed by atoms with Crippen LogP contribution in [0.2, 0.25) is 0 Å². The van der Waals surface area contributed by atoms with Crippen LogP contribution in [0.15, 0.2) is 77.7 Å². The Hall–Kier alpha value is -3.36. The predicted molar refractivity (Wildman–Crippen MR) is 105 cm³/mol. The number of methoxy groups -OCH3 is 1. The van der Waals surface area contributed by atoms with E-state index in [0.717, 1.165) is 0 Å². The second-order valence-corrected chi connectivity index (χ2v) is 8.39. The van der Waals surface area contributed by atoms with E-state index in [0.29, 0.717) is 11.3 Å². The summed E-state index contributed by atoms with van der Waals surface area (Å²) >= 11 is 0. The Kier molecular flexibility index (Phi) is 4.09. The van der Waals surface area contributed by atoms with Crippen molar-refractivity contribution >= 4 is 15.9 Å². The van der Waals surface area contributed by atoms with E-state index in [1.165, 1.54) is 37.4 Å². The molecule has 1 fully saturated rings. The molecule has 30 heavy (non-hydrogen) atoms. The molecule has 152 valence electrons. The second-order valence-electron chi connectivity index (χ2n) is 6.84. The quantitative estimate of drug-likeness (QED) is 0.458. The van der Waals surface area contributed by atoms with E-state index in [2.05, 4.69) is 0 Å². The first-order valence-electron chi connectivity index (χ1n) is 9.12. The molecule has 1 saturated heterocycles. The lowest BCUT2D eigenvalue weighted by atomic mass is 9.87. The molecule has 0 spiro atoms. The Morgan fingerprint density at radius 1 is 0.967 bits per heavy atom. The van der Waals surface area contributed by atoms with Crippen molar-refractivity contribution in [1.82, 2.24) is 0 Å². The highest BCUT2D eigenvalue weighted by molar-refractivity contribution is 7.87. The van der Waals surface area contributed by atoms with Gasteiger partial charge >= 0.3 is 10.1 Å². The molecular weight excluding hydrogens is 408 g/mol. The van der Waals surface area contributed by atoms with Crippen LogP contribution >= 0.6 is 0 Å². The minimum Gasteiger partial charge on any atom is -0.496 e. The van der Waals surface area contributed by atoms with E-state index in [4.69, 9.17) is 18.4 Å². The maximum absolute atomic E-state index is 13.2. The number of carbonyl (C=O) groups is 1. The fraction of sp³-hybridized carbons (Fsp3) is 0.136. The normalized spacial score (nSPS) is 21.8. The number of ketones is 1. The summed E-state index contributed by atoms with van der Waals surface area (Å²) in [5.41, 5.74) is -0.405. The van der Waals surface area contributed by atoms with Crippen molar-refractivity contribution in [1.29, 1.82) is 0 Å². The van der Waals surface area contributed by atoms with Gasteiger partial charge in [0.2, 0.25) is 17.7 Å². The van der Waals surface area contributed by atoms with E-state index in [9.17, 15) is 13.2 Å². The Morgan fingerprint density at radius 3 is 2.47 bits per heavy atom. The number of epoxide rings is 1. The first-order chi connectivity index (χ1) is 14.5. The molecular formula is C22H16O7S. The average molecular weight is 424 g/mol. The molecule has 3 aromatic carbocycles. The topological polar surface area (TPSA) is 91.4 Å². The molecule has 2 unspecified atom stereocenters. The summed E-state index contributed by atoms with van der Waals surface area (Å²) in [5, 5.41) is 0. The molecule has 8 heteroatoms. The van der Waals surface area contributed by atoms with Crippen molar-refractivity contribution in [2.24, 2.45) is 0 Å². The lowest BCUT2D eigenvalue weighted by Crippen LogP contribution is -2.32.